The summed E-state index contributed by atoms with van der Waals surface area (Å²) in [6, 6.07) is 7.18. The third-order valence-corrected chi connectivity index (χ3v) is 13.2. The summed E-state index contributed by atoms with van der Waals surface area (Å²) in [5.41, 5.74) is -0.380. The molecule has 10 nitrogen and oxygen atoms in total. The Kier molecular flexibility index (Phi) is 7.62. The van der Waals surface area contributed by atoms with Crippen LogP contribution in [-0.2, 0) is 33.3 Å². The summed E-state index contributed by atoms with van der Waals surface area (Å²) in [6.07, 6.45) is 4.15. The summed E-state index contributed by atoms with van der Waals surface area (Å²) < 4.78 is 31.9. The first kappa shape index (κ1) is 31.1. The molecule has 7 rings (SSSR count). The molecule has 0 aromatic heterocycles. The largest absolute Gasteiger partial charge is 0.461 e. The Hall–Kier alpha value is -2.53. The van der Waals surface area contributed by atoms with Crippen LogP contribution in [0, 0.1) is 40.4 Å². The number of anilines is 1. The second-order valence-corrected chi connectivity index (χ2v) is 14.6. The number of rotatable bonds is 9. The molecule has 6 fully saturated rings. The molecule has 246 valence electrons. The Balaban J connectivity index is 1.32. The number of carbonyl (C=O) groups is 3. The highest BCUT2D eigenvalue weighted by molar-refractivity contribution is 6.00. The van der Waals surface area contributed by atoms with Crippen LogP contribution >= 0.6 is 0 Å². The van der Waals surface area contributed by atoms with Crippen LogP contribution in [0.15, 0.2) is 24.3 Å². The monoisotopic (exact) mass is 624 g/mol. The molecule has 1 aromatic rings. The molecule has 1 aliphatic heterocycles. The van der Waals surface area contributed by atoms with Crippen molar-refractivity contribution in [3.8, 4) is 0 Å². The highest BCUT2D eigenvalue weighted by Crippen LogP contribution is 2.80. The van der Waals surface area contributed by atoms with Crippen LogP contribution in [0.2, 0.25) is 0 Å². The van der Waals surface area contributed by atoms with Crippen LogP contribution in [0.1, 0.15) is 63.2 Å². The fourth-order valence-electron chi connectivity index (χ4n) is 12.3. The minimum absolute atomic E-state index is 0.0364. The number of carbonyl (C=O) groups excluding carboxylic acids is 3. The van der Waals surface area contributed by atoms with Gasteiger partial charge in [0.1, 0.15) is 5.60 Å². The van der Waals surface area contributed by atoms with Gasteiger partial charge in [-0.15, -0.1) is 0 Å². The van der Waals surface area contributed by atoms with Crippen molar-refractivity contribution < 1.29 is 38.1 Å². The highest BCUT2D eigenvalue weighted by atomic mass is 16.6. The van der Waals surface area contributed by atoms with Crippen molar-refractivity contribution in [2.24, 2.45) is 40.4 Å². The Morgan fingerprint density at radius 2 is 1.80 bits per heavy atom. The molecule has 7 bridgehead atoms. The molecule has 10 heteroatoms. The molecule has 0 unspecified atom stereocenters. The van der Waals surface area contributed by atoms with E-state index >= 15 is 0 Å². The smallest absolute Gasteiger partial charge is 0.340 e. The summed E-state index contributed by atoms with van der Waals surface area (Å²) in [5.74, 6) is -0.161. The first-order valence-electron chi connectivity index (χ1n) is 16.7. The number of benzene rings is 1. The van der Waals surface area contributed by atoms with Gasteiger partial charge in [0, 0.05) is 82.8 Å². The summed E-state index contributed by atoms with van der Waals surface area (Å²) in [5, 5.41) is 2.77. The van der Waals surface area contributed by atoms with E-state index in [9.17, 15) is 14.4 Å². The third-order valence-electron chi connectivity index (χ3n) is 13.2. The number of nitrogens with one attached hydrogen (secondary N) is 1. The molecular formula is C35H48N2O8. The second-order valence-electron chi connectivity index (χ2n) is 14.6. The Morgan fingerprint density at radius 1 is 1.02 bits per heavy atom. The van der Waals surface area contributed by atoms with E-state index in [1.807, 2.05) is 7.11 Å². The molecule has 5 aliphatic carbocycles. The van der Waals surface area contributed by atoms with Crippen molar-refractivity contribution in [1.29, 1.82) is 0 Å². The summed E-state index contributed by atoms with van der Waals surface area (Å²) in [4.78, 5) is 41.1. The van der Waals surface area contributed by atoms with E-state index in [1.54, 1.807) is 38.5 Å². The van der Waals surface area contributed by atoms with Crippen molar-refractivity contribution in [1.82, 2.24) is 4.90 Å². The van der Waals surface area contributed by atoms with E-state index in [4.69, 9.17) is 23.7 Å². The zero-order valence-electron chi connectivity index (χ0n) is 27.4. The molecule has 12 atom stereocenters. The van der Waals surface area contributed by atoms with Crippen LogP contribution in [0.5, 0.6) is 0 Å². The molecule has 1 saturated heterocycles. The number of esters is 2. The number of nitrogens with zero attached hydrogens (tertiary/aromatic N) is 1. The lowest BCUT2D eigenvalue weighted by molar-refractivity contribution is -0.281. The van der Waals surface area contributed by atoms with Crippen LogP contribution < -0.4 is 5.32 Å². The topological polar surface area (TPSA) is 113 Å². The lowest BCUT2D eigenvalue weighted by Crippen LogP contribution is -2.77. The van der Waals surface area contributed by atoms with Crippen molar-refractivity contribution in [2.75, 3.05) is 46.3 Å². The molecule has 1 amide bonds. The van der Waals surface area contributed by atoms with Gasteiger partial charge in [0.25, 0.3) is 0 Å². The molecule has 6 aliphatic rings. The van der Waals surface area contributed by atoms with E-state index in [0.29, 0.717) is 17.7 Å². The SMILES string of the molecule is CCN1C[C@]2(COC(=O)c3ccccc3NC(C)=O)CC[C@H](OC)[C@@]34[C@@H]5C[C@@H]6[C@@H](OC)[C@@H]5[C@](OC(C)=O)(C[C@H]6OC)[C@@H](C[C@@H]23)[C@@H]14. The molecular weight excluding hydrogens is 576 g/mol. The maximum absolute atomic E-state index is 13.7. The summed E-state index contributed by atoms with van der Waals surface area (Å²) in [7, 11) is 5.42. The van der Waals surface area contributed by atoms with Gasteiger partial charge in [-0.1, -0.05) is 19.1 Å². The first-order chi connectivity index (χ1) is 21.6. The second kappa shape index (κ2) is 11.0. The van der Waals surface area contributed by atoms with E-state index in [0.717, 1.165) is 38.8 Å². The Morgan fingerprint density at radius 3 is 2.47 bits per heavy atom. The van der Waals surface area contributed by atoms with Crippen molar-refractivity contribution in [3.63, 3.8) is 0 Å². The standard InChI is InChI=1S/C35H48N2O8/c1-7-37-17-33(18-44-32(40)21-10-8-9-11-25(21)36-19(2)38)13-12-28(42-5)35-23-14-22-26(41-4)16-34(45-20(3)39,29(23)30(22)43-6)24(31(35)37)15-27(33)35/h8-11,22-24,26-31H,7,12-18H2,1-6H3,(H,36,38)/t22-,23+,24-,26+,27-,28-,29+,30+,31+,33-,34-,35+/m0/s1. The maximum Gasteiger partial charge on any atom is 0.340 e. The fourth-order valence-corrected chi connectivity index (χ4v) is 12.3. The van der Waals surface area contributed by atoms with Crippen LogP contribution in [0.4, 0.5) is 5.69 Å². The van der Waals surface area contributed by atoms with Gasteiger partial charge in [0.15, 0.2) is 0 Å². The fraction of sp³-hybridized carbons (Fsp3) is 0.743. The van der Waals surface area contributed by atoms with Gasteiger partial charge in [-0.2, -0.15) is 0 Å². The summed E-state index contributed by atoms with van der Waals surface area (Å²) >= 11 is 0. The van der Waals surface area contributed by atoms with Crippen molar-refractivity contribution >= 4 is 23.5 Å². The zero-order valence-corrected chi connectivity index (χ0v) is 27.4. The minimum atomic E-state index is -0.701. The number of amides is 1. The highest BCUT2D eigenvalue weighted by Gasteiger charge is 2.85. The lowest BCUT2D eigenvalue weighted by atomic mass is 9.43. The van der Waals surface area contributed by atoms with Crippen LogP contribution in [0.3, 0.4) is 0 Å². The molecule has 45 heavy (non-hydrogen) atoms. The first-order valence-corrected chi connectivity index (χ1v) is 16.7. The Labute approximate surface area is 265 Å². The average Bonchev–Trinajstić information content (AvgIpc) is 3.48. The van der Waals surface area contributed by atoms with E-state index < -0.39 is 11.6 Å². The third kappa shape index (κ3) is 4.10. The quantitative estimate of drug-likeness (QED) is 0.409. The molecule has 1 N–H and O–H groups in total. The number of methoxy groups -OCH3 is 3. The van der Waals surface area contributed by atoms with Gasteiger partial charge in [-0.25, -0.2) is 4.79 Å². The van der Waals surface area contributed by atoms with E-state index in [1.165, 1.54) is 13.8 Å². The normalized spacial score (nSPS) is 43.9. The van der Waals surface area contributed by atoms with Crippen LogP contribution in [0.25, 0.3) is 0 Å². The van der Waals surface area contributed by atoms with Crippen molar-refractivity contribution in [2.45, 2.75) is 82.8 Å². The Bertz CT molecular complexity index is 1370. The van der Waals surface area contributed by atoms with Gasteiger partial charge in [0.05, 0.1) is 36.2 Å². The van der Waals surface area contributed by atoms with Gasteiger partial charge >= 0.3 is 11.9 Å². The lowest BCUT2D eigenvalue weighted by Gasteiger charge is -2.69. The van der Waals surface area contributed by atoms with E-state index in [2.05, 4.69) is 17.1 Å². The van der Waals surface area contributed by atoms with Gasteiger partial charge in [0.2, 0.25) is 5.91 Å². The average molecular weight is 625 g/mol. The van der Waals surface area contributed by atoms with Crippen LogP contribution in [-0.4, -0.2) is 93.7 Å². The predicted molar refractivity (Wildman–Crippen MR) is 164 cm³/mol. The minimum Gasteiger partial charge on any atom is -0.461 e. The number of likely N-dealkylation sites (tertiary alicyclic amines) is 1. The van der Waals surface area contributed by atoms with Gasteiger partial charge in [-0.3, -0.25) is 14.5 Å². The number of hydrogen-bond acceptors (Lipinski definition) is 9. The predicted octanol–water partition coefficient (Wildman–Crippen LogP) is 3.93. The number of piperidine rings is 1. The molecule has 0 radical (unpaired) electrons. The van der Waals surface area contributed by atoms with Crippen molar-refractivity contribution in [3.05, 3.63) is 29.8 Å². The van der Waals surface area contributed by atoms with E-state index in [-0.39, 0.29) is 83.3 Å². The molecule has 1 spiro atoms. The number of ether oxygens (including phenoxy) is 5. The molecule has 1 heterocycles. The zero-order chi connectivity index (χ0) is 31.9. The number of hydrogen-bond donors (Lipinski definition) is 1. The molecule has 1 aromatic carbocycles. The summed E-state index contributed by atoms with van der Waals surface area (Å²) in [6.45, 7) is 7.11. The van der Waals surface area contributed by atoms with Gasteiger partial charge in [-0.05, 0) is 56.2 Å². The number of fused-ring (bicyclic) bond motifs is 2. The number of para-hydroxylation sites is 1. The molecule has 5 saturated carbocycles. The maximum atomic E-state index is 13.7. The van der Waals surface area contributed by atoms with Gasteiger partial charge < -0.3 is 29.0 Å².